The molecule has 1 saturated carbocycles. The van der Waals surface area contributed by atoms with E-state index >= 15 is 0 Å². The Morgan fingerprint density at radius 2 is 2.06 bits per heavy atom. The Morgan fingerprint density at radius 3 is 2.50 bits per heavy atom. The van der Waals surface area contributed by atoms with Gasteiger partial charge in [0.25, 0.3) is 0 Å². The molecule has 0 aromatic rings. The zero-order valence-electron chi connectivity index (χ0n) is 10.6. The van der Waals surface area contributed by atoms with Crippen molar-refractivity contribution >= 4 is 5.97 Å². The van der Waals surface area contributed by atoms with Crippen LogP contribution in [0.1, 0.15) is 52.9 Å². The summed E-state index contributed by atoms with van der Waals surface area (Å²) in [7, 11) is 0. The highest BCUT2D eigenvalue weighted by atomic mass is 16.4. The maximum absolute atomic E-state index is 11.2. The molecule has 1 aliphatic rings. The average Bonchev–Trinajstić information content (AvgIpc) is 2.16. The van der Waals surface area contributed by atoms with Crippen molar-refractivity contribution in [3.63, 3.8) is 0 Å². The van der Waals surface area contributed by atoms with Crippen LogP contribution in [0, 0.1) is 17.8 Å². The molecule has 3 unspecified atom stereocenters. The highest BCUT2D eigenvalue weighted by molar-refractivity contribution is 5.77. The van der Waals surface area contributed by atoms with Crippen molar-refractivity contribution < 1.29 is 15.0 Å². The van der Waals surface area contributed by atoms with Crippen LogP contribution in [0.25, 0.3) is 0 Å². The topological polar surface area (TPSA) is 57.5 Å². The first-order valence-corrected chi connectivity index (χ1v) is 6.32. The number of carboxylic acid groups (broad SMARTS) is 1. The van der Waals surface area contributed by atoms with Crippen molar-refractivity contribution in [2.24, 2.45) is 17.8 Å². The van der Waals surface area contributed by atoms with Gasteiger partial charge in [0.05, 0.1) is 0 Å². The van der Waals surface area contributed by atoms with E-state index in [0.29, 0.717) is 18.3 Å². The number of carbonyl (C=O) groups is 1. The van der Waals surface area contributed by atoms with E-state index in [2.05, 4.69) is 6.92 Å². The highest BCUT2D eigenvalue weighted by Crippen LogP contribution is 2.36. The molecule has 0 aromatic carbocycles. The summed E-state index contributed by atoms with van der Waals surface area (Å²) in [6, 6.07) is 0. The summed E-state index contributed by atoms with van der Waals surface area (Å²) in [4.78, 5) is 11.2. The molecule has 0 amide bonds. The van der Waals surface area contributed by atoms with Crippen molar-refractivity contribution in [1.82, 2.24) is 0 Å². The van der Waals surface area contributed by atoms with Crippen LogP contribution in [-0.4, -0.2) is 21.8 Å². The van der Waals surface area contributed by atoms with E-state index in [1.807, 2.05) is 0 Å². The van der Waals surface area contributed by atoms with Crippen LogP contribution in [-0.2, 0) is 4.79 Å². The van der Waals surface area contributed by atoms with Gasteiger partial charge in [-0.25, -0.2) is 4.79 Å². The Kier molecular flexibility index (Phi) is 4.36. The first kappa shape index (κ1) is 13.5. The van der Waals surface area contributed by atoms with E-state index in [0.717, 1.165) is 12.8 Å². The molecule has 0 heterocycles. The van der Waals surface area contributed by atoms with Crippen LogP contribution in [0.4, 0.5) is 0 Å². The maximum Gasteiger partial charge on any atom is 0.335 e. The molecule has 0 radical (unpaired) electrons. The molecule has 3 heteroatoms. The van der Waals surface area contributed by atoms with E-state index in [9.17, 15) is 9.90 Å². The molecule has 1 aliphatic carbocycles. The largest absolute Gasteiger partial charge is 0.479 e. The van der Waals surface area contributed by atoms with Crippen molar-refractivity contribution in [1.29, 1.82) is 0 Å². The minimum absolute atomic E-state index is 0.234. The first-order chi connectivity index (χ1) is 7.36. The molecule has 94 valence electrons. The Hall–Kier alpha value is -0.570. The van der Waals surface area contributed by atoms with Gasteiger partial charge in [-0.15, -0.1) is 0 Å². The molecule has 3 atom stereocenters. The molecule has 3 nitrogen and oxygen atoms in total. The van der Waals surface area contributed by atoms with Gasteiger partial charge < -0.3 is 10.2 Å². The Morgan fingerprint density at radius 1 is 1.44 bits per heavy atom. The van der Waals surface area contributed by atoms with Crippen LogP contribution in [0.5, 0.6) is 0 Å². The normalized spacial score (nSPS) is 30.1. The van der Waals surface area contributed by atoms with E-state index in [-0.39, 0.29) is 5.92 Å². The number of rotatable bonds is 4. The fourth-order valence-electron chi connectivity index (χ4n) is 2.76. The minimum Gasteiger partial charge on any atom is -0.479 e. The molecular weight excluding hydrogens is 204 g/mol. The van der Waals surface area contributed by atoms with Gasteiger partial charge in [-0.05, 0) is 30.6 Å². The van der Waals surface area contributed by atoms with Crippen molar-refractivity contribution in [3.8, 4) is 0 Å². The summed E-state index contributed by atoms with van der Waals surface area (Å²) in [6.07, 6.45) is 4.93. The van der Waals surface area contributed by atoms with Crippen LogP contribution in [0.3, 0.4) is 0 Å². The predicted molar refractivity (Wildman–Crippen MR) is 63.2 cm³/mol. The smallest absolute Gasteiger partial charge is 0.335 e. The van der Waals surface area contributed by atoms with Crippen LogP contribution in [0.2, 0.25) is 0 Å². The van der Waals surface area contributed by atoms with Gasteiger partial charge in [-0.2, -0.15) is 0 Å². The van der Waals surface area contributed by atoms with E-state index in [4.69, 9.17) is 5.11 Å². The summed E-state index contributed by atoms with van der Waals surface area (Å²) in [5, 5.41) is 19.4. The Bertz CT molecular complexity index is 250. The van der Waals surface area contributed by atoms with Gasteiger partial charge in [0, 0.05) is 0 Å². The molecule has 0 saturated heterocycles. The van der Waals surface area contributed by atoms with Crippen molar-refractivity contribution in [3.05, 3.63) is 0 Å². The second kappa shape index (κ2) is 5.17. The molecule has 0 aromatic heterocycles. The monoisotopic (exact) mass is 228 g/mol. The summed E-state index contributed by atoms with van der Waals surface area (Å²) >= 11 is 0. The lowest BCUT2D eigenvalue weighted by atomic mass is 9.74. The molecule has 16 heavy (non-hydrogen) atoms. The van der Waals surface area contributed by atoms with Gasteiger partial charge in [0.15, 0.2) is 5.60 Å². The molecular formula is C13H24O3. The predicted octanol–water partition coefficient (Wildman–Crippen LogP) is 2.67. The van der Waals surface area contributed by atoms with Gasteiger partial charge in [0.1, 0.15) is 0 Å². The third-order valence-corrected chi connectivity index (χ3v) is 3.97. The second-order valence-corrected chi connectivity index (χ2v) is 5.73. The third-order valence-electron chi connectivity index (χ3n) is 3.97. The molecule has 0 bridgehead atoms. The summed E-state index contributed by atoms with van der Waals surface area (Å²) in [5.41, 5.74) is -1.54. The minimum atomic E-state index is -1.54. The Labute approximate surface area is 97.9 Å². The van der Waals surface area contributed by atoms with Gasteiger partial charge in [-0.3, -0.25) is 0 Å². The van der Waals surface area contributed by atoms with E-state index < -0.39 is 11.6 Å². The summed E-state index contributed by atoms with van der Waals surface area (Å²) in [6.45, 7) is 5.77. The fraction of sp³-hybridized carbons (Fsp3) is 0.923. The first-order valence-electron chi connectivity index (χ1n) is 6.32. The quantitative estimate of drug-likeness (QED) is 0.777. The fourth-order valence-corrected chi connectivity index (χ4v) is 2.76. The van der Waals surface area contributed by atoms with Crippen molar-refractivity contribution in [2.75, 3.05) is 0 Å². The second-order valence-electron chi connectivity index (χ2n) is 5.73. The highest BCUT2D eigenvalue weighted by Gasteiger charge is 2.41. The standard InChI is InChI=1S/C13H24O3/c1-9(2)13(16,12(14)15)8-11-6-4-5-10(3)7-11/h9-11,16H,4-8H2,1-3H3,(H,14,15). The molecule has 2 N–H and O–H groups in total. The zero-order chi connectivity index (χ0) is 12.3. The number of hydrogen-bond donors (Lipinski definition) is 2. The molecule has 0 spiro atoms. The zero-order valence-corrected chi connectivity index (χ0v) is 10.6. The van der Waals surface area contributed by atoms with Crippen LogP contribution >= 0.6 is 0 Å². The van der Waals surface area contributed by atoms with Gasteiger partial charge in [0.2, 0.25) is 0 Å². The maximum atomic E-state index is 11.2. The molecule has 0 aliphatic heterocycles. The van der Waals surface area contributed by atoms with Gasteiger partial charge >= 0.3 is 5.97 Å². The number of aliphatic carboxylic acids is 1. The van der Waals surface area contributed by atoms with E-state index in [1.54, 1.807) is 13.8 Å². The number of hydrogen-bond acceptors (Lipinski definition) is 2. The lowest BCUT2D eigenvalue weighted by molar-refractivity contribution is -0.166. The van der Waals surface area contributed by atoms with E-state index in [1.165, 1.54) is 12.8 Å². The Balaban J connectivity index is 2.65. The molecule has 1 rings (SSSR count). The van der Waals surface area contributed by atoms with Crippen molar-refractivity contribution in [2.45, 2.75) is 58.5 Å². The average molecular weight is 228 g/mol. The lowest BCUT2D eigenvalue weighted by Gasteiger charge is -2.34. The summed E-state index contributed by atoms with van der Waals surface area (Å²) < 4.78 is 0. The number of aliphatic hydroxyl groups is 1. The van der Waals surface area contributed by atoms with Crippen LogP contribution in [0.15, 0.2) is 0 Å². The molecule has 1 fully saturated rings. The van der Waals surface area contributed by atoms with Crippen LogP contribution < -0.4 is 0 Å². The van der Waals surface area contributed by atoms with Gasteiger partial charge in [-0.1, -0.05) is 40.0 Å². The third kappa shape index (κ3) is 2.97. The SMILES string of the molecule is CC1CCCC(CC(O)(C(=O)O)C(C)C)C1. The lowest BCUT2D eigenvalue weighted by Crippen LogP contribution is -2.45. The number of carboxylic acids is 1. The summed E-state index contributed by atoms with van der Waals surface area (Å²) in [5.74, 6) is -0.265.